The monoisotopic (exact) mass is 250 g/mol. The van der Waals surface area contributed by atoms with Crippen LogP contribution >= 0.6 is 11.3 Å². The second kappa shape index (κ2) is 5.81. The quantitative estimate of drug-likeness (QED) is 0.698. The van der Waals surface area contributed by atoms with Gasteiger partial charge < -0.3 is 0 Å². The molecule has 0 N–H and O–H groups in total. The summed E-state index contributed by atoms with van der Waals surface area (Å²) in [6.45, 7) is 4.32. The van der Waals surface area contributed by atoms with Crippen molar-refractivity contribution in [3.05, 3.63) is 21.9 Å². The first-order valence-corrected chi connectivity index (χ1v) is 7.63. The van der Waals surface area contributed by atoms with Crippen molar-refractivity contribution < 1.29 is 4.79 Å². The minimum absolute atomic E-state index is 0.307. The molecule has 1 nitrogen and oxygen atoms in total. The summed E-state index contributed by atoms with van der Waals surface area (Å²) in [4.78, 5) is 14.5. The van der Waals surface area contributed by atoms with Crippen molar-refractivity contribution in [1.29, 1.82) is 0 Å². The zero-order chi connectivity index (χ0) is 12.3. The van der Waals surface area contributed by atoms with Crippen LogP contribution in [-0.2, 0) is 0 Å². The van der Waals surface area contributed by atoms with Gasteiger partial charge >= 0.3 is 0 Å². The first-order chi connectivity index (χ1) is 8.20. The zero-order valence-electron chi connectivity index (χ0n) is 10.9. The van der Waals surface area contributed by atoms with Crippen molar-refractivity contribution in [1.82, 2.24) is 0 Å². The third kappa shape index (κ3) is 3.19. The Labute approximate surface area is 108 Å². The van der Waals surface area contributed by atoms with E-state index in [2.05, 4.69) is 19.9 Å². The number of carbonyl (C=O) groups is 1. The summed E-state index contributed by atoms with van der Waals surface area (Å²) in [5.74, 6) is 1.59. The Bertz CT molecular complexity index is 372. The molecule has 0 radical (unpaired) electrons. The van der Waals surface area contributed by atoms with Gasteiger partial charge in [-0.3, -0.25) is 4.79 Å². The van der Waals surface area contributed by atoms with Crippen molar-refractivity contribution in [2.24, 2.45) is 11.8 Å². The smallest absolute Gasteiger partial charge is 0.175 e. The fraction of sp³-hybridized carbons (Fsp3) is 0.667. The summed E-state index contributed by atoms with van der Waals surface area (Å²) >= 11 is 1.65. The van der Waals surface area contributed by atoms with Gasteiger partial charge in [0.1, 0.15) is 0 Å². The Morgan fingerprint density at radius 1 is 1.29 bits per heavy atom. The van der Waals surface area contributed by atoms with Gasteiger partial charge in [0, 0.05) is 10.8 Å². The second-order valence-electron chi connectivity index (χ2n) is 5.28. The lowest BCUT2D eigenvalue weighted by atomic mass is 9.78. The third-order valence-electron chi connectivity index (χ3n) is 3.90. The van der Waals surface area contributed by atoms with E-state index in [-0.39, 0.29) is 0 Å². The molecule has 2 heteroatoms. The Morgan fingerprint density at radius 3 is 2.53 bits per heavy atom. The average molecular weight is 250 g/mol. The van der Waals surface area contributed by atoms with Gasteiger partial charge in [-0.2, -0.15) is 0 Å². The molecule has 1 aliphatic rings. The number of carbonyl (C=O) groups excluding carboxylic acids is 1. The number of Topliss-reactive ketones (excluding diaryl/α,β-unsaturated/α-hetero) is 1. The van der Waals surface area contributed by atoms with Crippen molar-refractivity contribution in [2.75, 3.05) is 0 Å². The lowest BCUT2D eigenvalue weighted by Gasteiger charge is -2.27. The summed E-state index contributed by atoms with van der Waals surface area (Å²) in [7, 11) is 0. The maximum Gasteiger partial charge on any atom is 0.175 e. The zero-order valence-corrected chi connectivity index (χ0v) is 11.7. The van der Waals surface area contributed by atoms with Crippen molar-refractivity contribution in [3.63, 3.8) is 0 Å². The van der Waals surface area contributed by atoms with Gasteiger partial charge in [-0.25, -0.2) is 0 Å². The maximum atomic E-state index is 12.3. The van der Waals surface area contributed by atoms with E-state index in [4.69, 9.17) is 0 Å². The third-order valence-corrected chi connectivity index (χ3v) is 4.91. The molecular weight excluding hydrogens is 228 g/mol. The van der Waals surface area contributed by atoms with Crippen molar-refractivity contribution in [3.8, 4) is 0 Å². The molecule has 94 valence electrons. The first kappa shape index (κ1) is 12.8. The first-order valence-electron chi connectivity index (χ1n) is 6.81. The highest BCUT2D eigenvalue weighted by Crippen LogP contribution is 2.34. The fourth-order valence-electron chi connectivity index (χ4n) is 2.89. The molecule has 1 fully saturated rings. The molecule has 0 bridgehead atoms. The summed E-state index contributed by atoms with van der Waals surface area (Å²) in [5.41, 5.74) is 0. The molecule has 1 aromatic rings. The minimum Gasteiger partial charge on any atom is -0.293 e. The van der Waals surface area contributed by atoms with Crippen LogP contribution in [0.5, 0.6) is 0 Å². The van der Waals surface area contributed by atoms with Crippen LogP contribution in [0.1, 0.15) is 60.0 Å². The number of rotatable bonds is 4. The average Bonchev–Trinajstić information content (AvgIpc) is 2.76. The lowest BCUT2D eigenvalue weighted by molar-refractivity contribution is 0.0874. The number of ketones is 1. The molecule has 0 atom stereocenters. The summed E-state index contributed by atoms with van der Waals surface area (Å²) in [6.07, 6.45) is 7.37. The molecule has 1 aliphatic carbocycles. The largest absolute Gasteiger partial charge is 0.293 e. The van der Waals surface area contributed by atoms with E-state index in [0.29, 0.717) is 11.7 Å². The Kier molecular flexibility index (Phi) is 4.38. The predicted octanol–water partition coefficient (Wildman–Crippen LogP) is 4.85. The molecule has 0 spiro atoms. The van der Waals surface area contributed by atoms with E-state index < -0.39 is 0 Å². The highest BCUT2D eigenvalue weighted by Gasteiger charge is 2.27. The summed E-state index contributed by atoms with van der Waals surface area (Å²) in [6, 6.07) is 4.06. The van der Waals surface area contributed by atoms with Crippen LogP contribution in [0.4, 0.5) is 0 Å². The molecule has 1 saturated carbocycles. The van der Waals surface area contributed by atoms with E-state index in [9.17, 15) is 4.79 Å². The standard InChI is InChI=1S/C15H22OS/c1-3-4-12-6-8-13(9-7-12)15(16)14-10-5-11(2)17-14/h5,10,12-13H,3-4,6-9H2,1-2H3. The fourth-order valence-corrected chi connectivity index (χ4v) is 3.78. The van der Waals surface area contributed by atoms with E-state index in [1.807, 2.05) is 6.07 Å². The Hall–Kier alpha value is -0.630. The van der Waals surface area contributed by atoms with E-state index in [0.717, 1.165) is 23.6 Å². The number of thiophene rings is 1. The Balaban J connectivity index is 1.90. The molecule has 2 rings (SSSR count). The van der Waals surface area contributed by atoms with Gasteiger partial charge in [0.2, 0.25) is 0 Å². The van der Waals surface area contributed by atoms with Crippen LogP contribution < -0.4 is 0 Å². The van der Waals surface area contributed by atoms with Gasteiger partial charge in [0.15, 0.2) is 5.78 Å². The van der Waals surface area contributed by atoms with Crippen LogP contribution in [0.2, 0.25) is 0 Å². The van der Waals surface area contributed by atoms with E-state index in [1.165, 1.54) is 30.6 Å². The molecule has 0 aliphatic heterocycles. The number of hydrogen-bond donors (Lipinski definition) is 0. The summed E-state index contributed by atoms with van der Waals surface area (Å²) in [5, 5.41) is 0. The normalized spacial score (nSPS) is 24.8. The second-order valence-corrected chi connectivity index (χ2v) is 6.57. The van der Waals surface area contributed by atoms with Crippen LogP contribution in [0.25, 0.3) is 0 Å². The lowest BCUT2D eigenvalue weighted by Crippen LogP contribution is -2.21. The van der Waals surface area contributed by atoms with Gasteiger partial charge in [-0.1, -0.05) is 19.8 Å². The summed E-state index contributed by atoms with van der Waals surface area (Å²) < 4.78 is 0. The van der Waals surface area contributed by atoms with Crippen LogP contribution in [0.15, 0.2) is 12.1 Å². The van der Waals surface area contributed by atoms with E-state index >= 15 is 0 Å². The predicted molar refractivity (Wildman–Crippen MR) is 73.7 cm³/mol. The van der Waals surface area contributed by atoms with Gasteiger partial charge in [-0.05, 0) is 50.7 Å². The Morgan fingerprint density at radius 2 is 2.00 bits per heavy atom. The minimum atomic E-state index is 0.307. The van der Waals surface area contributed by atoms with Crippen molar-refractivity contribution in [2.45, 2.75) is 52.4 Å². The molecular formula is C15H22OS. The van der Waals surface area contributed by atoms with Crippen LogP contribution in [0.3, 0.4) is 0 Å². The van der Waals surface area contributed by atoms with Gasteiger partial charge in [0.05, 0.1) is 4.88 Å². The molecule has 1 heterocycles. The molecule has 0 amide bonds. The maximum absolute atomic E-state index is 12.3. The van der Waals surface area contributed by atoms with Crippen LogP contribution in [0, 0.1) is 18.8 Å². The van der Waals surface area contributed by atoms with Gasteiger partial charge in [-0.15, -0.1) is 11.3 Å². The highest BCUT2D eigenvalue weighted by molar-refractivity contribution is 7.14. The molecule has 17 heavy (non-hydrogen) atoms. The highest BCUT2D eigenvalue weighted by atomic mass is 32.1. The van der Waals surface area contributed by atoms with E-state index in [1.54, 1.807) is 11.3 Å². The molecule has 1 aromatic heterocycles. The molecule has 0 unspecified atom stereocenters. The van der Waals surface area contributed by atoms with Gasteiger partial charge in [0.25, 0.3) is 0 Å². The number of hydrogen-bond acceptors (Lipinski definition) is 2. The molecule has 0 saturated heterocycles. The molecule has 0 aromatic carbocycles. The van der Waals surface area contributed by atoms with Crippen molar-refractivity contribution >= 4 is 17.1 Å². The van der Waals surface area contributed by atoms with Crippen LogP contribution in [-0.4, -0.2) is 5.78 Å². The topological polar surface area (TPSA) is 17.1 Å². The number of aryl methyl sites for hydroxylation is 1. The SMILES string of the molecule is CCCC1CCC(C(=O)c2ccc(C)s2)CC1.